The van der Waals surface area contributed by atoms with E-state index in [9.17, 15) is 0 Å². The summed E-state index contributed by atoms with van der Waals surface area (Å²) in [4.78, 5) is 13.3. The average molecular weight is 372 g/mol. The number of aryl methyl sites for hydroxylation is 1. The van der Waals surface area contributed by atoms with Crippen molar-refractivity contribution < 1.29 is 0 Å². The topological polar surface area (TPSA) is 43.8 Å². The molecular formula is C20H26ClN5. The van der Waals surface area contributed by atoms with Crippen molar-refractivity contribution in [3.8, 4) is 0 Å². The molecule has 1 N–H and O–H groups in total. The van der Waals surface area contributed by atoms with Crippen molar-refractivity contribution in [2.24, 2.45) is 4.99 Å². The number of benzene rings is 1. The minimum absolute atomic E-state index is 0.816. The highest BCUT2D eigenvalue weighted by molar-refractivity contribution is 6.33. The molecule has 1 fully saturated rings. The van der Waals surface area contributed by atoms with Crippen molar-refractivity contribution in [2.75, 3.05) is 44.7 Å². The lowest BCUT2D eigenvalue weighted by molar-refractivity contribution is 0.373. The van der Waals surface area contributed by atoms with Crippen LogP contribution in [0.1, 0.15) is 11.1 Å². The van der Waals surface area contributed by atoms with Gasteiger partial charge in [0.05, 0.1) is 10.7 Å². The van der Waals surface area contributed by atoms with Crippen LogP contribution in [0.25, 0.3) is 0 Å². The number of halogens is 1. The van der Waals surface area contributed by atoms with Crippen LogP contribution in [0.4, 0.5) is 5.69 Å². The third kappa shape index (κ3) is 4.47. The highest BCUT2D eigenvalue weighted by atomic mass is 35.5. The van der Waals surface area contributed by atoms with Gasteiger partial charge in [-0.2, -0.15) is 0 Å². The van der Waals surface area contributed by atoms with Crippen molar-refractivity contribution in [2.45, 2.75) is 13.3 Å². The number of guanidine groups is 1. The van der Waals surface area contributed by atoms with Crippen LogP contribution in [0.3, 0.4) is 0 Å². The van der Waals surface area contributed by atoms with Crippen LogP contribution in [-0.4, -0.2) is 55.6 Å². The molecule has 1 aliphatic heterocycles. The summed E-state index contributed by atoms with van der Waals surface area (Å²) in [6.07, 6.45) is 4.73. The van der Waals surface area contributed by atoms with Gasteiger partial charge in [-0.3, -0.25) is 9.98 Å². The molecule has 0 radical (unpaired) electrons. The van der Waals surface area contributed by atoms with E-state index in [1.165, 1.54) is 11.1 Å². The van der Waals surface area contributed by atoms with Gasteiger partial charge in [-0.15, -0.1) is 0 Å². The maximum absolute atomic E-state index is 6.33. The fraction of sp³-hybridized carbons (Fsp3) is 0.400. The quantitative estimate of drug-likeness (QED) is 0.662. The molecule has 0 spiro atoms. The monoisotopic (exact) mass is 371 g/mol. The lowest BCUT2D eigenvalue weighted by atomic mass is 10.1. The third-order valence-electron chi connectivity index (χ3n) is 4.80. The fourth-order valence-electron chi connectivity index (χ4n) is 3.29. The number of nitrogens with zero attached hydrogens (tertiary/aromatic N) is 4. The van der Waals surface area contributed by atoms with Gasteiger partial charge in [0.1, 0.15) is 0 Å². The van der Waals surface area contributed by atoms with Gasteiger partial charge >= 0.3 is 0 Å². The zero-order chi connectivity index (χ0) is 18.4. The predicted octanol–water partition coefficient (Wildman–Crippen LogP) is 2.98. The van der Waals surface area contributed by atoms with Crippen LogP contribution in [0.15, 0.2) is 47.7 Å². The molecule has 1 aromatic heterocycles. The van der Waals surface area contributed by atoms with Crippen molar-refractivity contribution in [1.82, 2.24) is 15.2 Å². The Labute approximate surface area is 160 Å². The van der Waals surface area contributed by atoms with Crippen LogP contribution >= 0.6 is 11.6 Å². The lowest BCUT2D eigenvalue weighted by Gasteiger charge is -2.38. The Hall–Kier alpha value is -2.27. The first kappa shape index (κ1) is 18.5. The molecule has 138 valence electrons. The zero-order valence-corrected chi connectivity index (χ0v) is 16.2. The number of aromatic nitrogens is 1. The van der Waals surface area contributed by atoms with E-state index in [1.807, 2.05) is 37.6 Å². The van der Waals surface area contributed by atoms with E-state index in [0.717, 1.165) is 55.8 Å². The summed E-state index contributed by atoms with van der Waals surface area (Å²) in [5.74, 6) is 0.968. The highest BCUT2D eigenvalue weighted by Gasteiger charge is 2.20. The molecule has 0 aliphatic carbocycles. The largest absolute Gasteiger partial charge is 0.367 e. The number of piperazine rings is 1. The van der Waals surface area contributed by atoms with Gasteiger partial charge < -0.3 is 15.1 Å². The summed E-state index contributed by atoms with van der Waals surface area (Å²) in [6, 6.07) is 10.1. The first-order valence-corrected chi connectivity index (χ1v) is 9.41. The van der Waals surface area contributed by atoms with Gasteiger partial charge in [-0.05, 0) is 42.7 Å². The molecule has 3 rings (SSSR count). The third-order valence-corrected chi connectivity index (χ3v) is 5.12. The van der Waals surface area contributed by atoms with Crippen molar-refractivity contribution in [3.63, 3.8) is 0 Å². The summed E-state index contributed by atoms with van der Waals surface area (Å²) < 4.78 is 0. The highest BCUT2D eigenvalue weighted by Crippen LogP contribution is 2.25. The van der Waals surface area contributed by atoms with Crippen LogP contribution in [0.2, 0.25) is 5.02 Å². The summed E-state index contributed by atoms with van der Waals surface area (Å²) in [6.45, 7) is 6.70. The number of hydrogen-bond donors (Lipinski definition) is 1. The molecule has 6 heteroatoms. The second-order valence-electron chi connectivity index (χ2n) is 6.45. The van der Waals surface area contributed by atoms with Gasteiger partial charge in [0, 0.05) is 52.2 Å². The lowest BCUT2D eigenvalue weighted by Crippen LogP contribution is -2.52. The summed E-state index contributed by atoms with van der Waals surface area (Å²) in [7, 11) is 1.85. The maximum Gasteiger partial charge on any atom is 0.193 e. The smallest absolute Gasteiger partial charge is 0.193 e. The van der Waals surface area contributed by atoms with Gasteiger partial charge in [-0.25, -0.2) is 0 Å². The average Bonchev–Trinajstić information content (AvgIpc) is 2.67. The Kier molecular flexibility index (Phi) is 6.34. The molecule has 0 atom stereocenters. The number of nitrogens with one attached hydrogen (secondary N) is 1. The van der Waals surface area contributed by atoms with Crippen molar-refractivity contribution >= 4 is 23.2 Å². The normalized spacial score (nSPS) is 15.3. The van der Waals surface area contributed by atoms with Crippen molar-refractivity contribution in [3.05, 3.63) is 58.9 Å². The minimum Gasteiger partial charge on any atom is -0.367 e. The summed E-state index contributed by atoms with van der Waals surface area (Å²) in [5, 5.41) is 4.31. The Morgan fingerprint density at radius 1 is 1.19 bits per heavy atom. The second kappa shape index (κ2) is 8.90. The van der Waals surface area contributed by atoms with Gasteiger partial charge in [0.15, 0.2) is 5.96 Å². The maximum atomic E-state index is 6.33. The molecule has 0 amide bonds. The van der Waals surface area contributed by atoms with Crippen LogP contribution in [0.5, 0.6) is 0 Å². The van der Waals surface area contributed by atoms with Crippen LogP contribution in [-0.2, 0) is 6.42 Å². The first-order chi connectivity index (χ1) is 12.7. The Balaban J connectivity index is 1.51. The fourth-order valence-corrected chi connectivity index (χ4v) is 3.55. The van der Waals surface area contributed by atoms with Gasteiger partial charge in [-0.1, -0.05) is 23.7 Å². The number of para-hydroxylation sites is 1. The van der Waals surface area contributed by atoms with E-state index >= 15 is 0 Å². The predicted molar refractivity (Wildman–Crippen MR) is 109 cm³/mol. The Bertz CT molecular complexity index is 753. The summed E-state index contributed by atoms with van der Waals surface area (Å²) in [5.41, 5.74) is 3.68. The first-order valence-electron chi connectivity index (χ1n) is 9.03. The Morgan fingerprint density at radius 2 is 1.96 bits per heavy atom. The molecule has 2 aromatic rings. The SMILES string of the molecule is CN=C(NCCc1ccncc1C)N1CCN(c2ccccc2Cl)CC1. The molecule has 1 saturated heterocycles. The van der Waals surface area contributed by atoms with E-state index in [0.29, 0.717) is 0 Å². The second-order valence-corrected chi connectivity index (χ2v) is 6.86. The van der Waals surface area contributed by atoms with Crippen LogP contribution in [0, 0.1) is 6.92 Å². The number of anilines is 1. The van der Waals surface area contributed by atoms with E-state index in [1.54, 1.807) is 0 Å². The number of hydrogen-bond acceptors (Lipinski definition) is 3. The molecule has 0 unspecified atom stereocenters. The molecule has 26 heavy (non-hydrogen) atoms. The number of pyridine rings is 1. The standard InChI is InChI=1S/C20H26ClN5/c1-16-15-23-9-7-17(16)8-10-24-20(22-2)26-13-11-25(12-14-26)19-6-4-3-5-18(19)21/h3-7,9,15H,8,10-14H2,1-2H3,(H,22,24). The van der Waals surface area contributed by atoms with Gasteiger partial charge in [0.25, 0.3) is 0 Å². The molecule has 1 aliphatic rings. The molecule has 5 nitrogen and oxygen atoms in total. The number of rotatable bonds is 4. The molecule has 0 bridgehead atoms. The minimum atomic E-state index is 0.816. The van der Waals surface area contributed by atoms with Crippen molar-refractivity contribution in [1.29, 1.82) is 0 Å². The van der Waals surface area contributed by atoms with E-state index in [-0.39, 0.29) is 0 Å². The molecule has 2 heterocycles. The zero-order valence-electron chi connectivity index (χ0n) is 15.5. The number of aliphatic imine (C=N–C) groups is 1. The van der Waals surface area contributed by atoms with E-state index in [4.69, 9.17) is 11.6 Å². The molecule has 0 saturated carbocycles. The summed E-state index contributed by atoms with van der Waals surface area (Å²) >= 11 is 6.33. The Morgan fingerprint density at radius 3 is 2.65 bits per heavy atom. The van der Waals surface area contributed by atoms with Gasteiger partial charge in [0.2, 0.25) is 0 Å². The molecular weight excluding hydrogens is 346 g/mol. The van der Waals surface area contributed by atoms with E-state index < -0.39 is 0 Å². The van der Waals surface area contributed by atoms with Crippen LogP contribution < -0.4 is 10.2 Å². The molecule has 1 aromatic carbocycles. The van der Waals surface area contributed by atoms with E-state index in [2.05, 4.69) is 44.1 Å².